The summed E-state index contributed by atoms with van der Waals surface area (Å²) in [5.74, 6) is -3.55. The zero-order valence-corrected chi connectivity index (χ0v) is 28.8. The molecule has 254 valence electrons. The van der Waals surface area contributed by atoms with E-state index in [2.05, 4.69) is 21.2 Å². The fourth-order valence-corrected chi connectivity index (χ4v) is 8.13. The summed E-state index contributed by atoms with van der Waals surface area (Å²) in [7, 11) is 0. The number of esters is 1. The van der Waals surface area contributed by atoms with Gasteiger partial charge in [-0.15, -0.1) is 0 Å². The van der Waals surface area contributed by atoms with Crippen molar-refractivity contribution < 1.29 is 33.8 Å². The van der Waals surface area contributed by atoms with Gasteiger partial charge in [0.15, 0.2) is 0 Å². The Bertz CT molecular complexity index is 1590. The highest BCUT2D eigenvalue weighted by Gasteiger charge is 2.75. The molecule has 1 spiro atoms. The van der Waals surface area contributed by atoms with Crippen molar-refractivity contribution in [1.82, 2.24) is 10.2 Å². The Morgan fingerprint density at radius 3 is 2.46 bits per heavy atom. The Morgan fingerprint density at radius 1 is 0.958 bits per heavy atom. The monoisotopic (exact) mass is 739 g/mol. The highest BCUT2D eigenvalue weighted by Crippen LogP contribution is 2.59. The third-order valence-electron chi connectivity index (χ3n) is 9.55. The minimum absolute atomic E-state index is 0.0583. The number of cyclic esters (lactones) is 1. The number of nitrogens with one attached hydrogen (secondary N) is 1. The molecule has 3 amide bonds. The van der Waals surface area contributed by atoms with Crippen molar-refractivity contribution >= 4 is 56.9 Å². The summed E-state index contributed by atoms with van der Waals surface area (Å²) in [6, 6.07) is 15.0. The van der Waals surface area contributed by atoms with Gasteiger partial charge in [-0.2, -0.15) is 0 Å². The van der Waals surface area contributed by atoms with Gasteiger partial charge < -0.3 is 29.7 Å². The van der Waals surface area contributed by atoms with Crippen LogP contribution < -0.4 is 10.2 Å². The van der Waals surface area contributed by atoms with E-state index in [0.29, 0.717) is 40.0 Å². The molecule has 12 heteroatoms. The van der Waals surface area contributed by atoms with Gasteiger partial charge >= 0.3 is 5.97 Å². The minimum Gasteiger partial charge on any atom is -0.455 e. The molecular weight excluding hydrogens is 702 g/mol. The third kappa shape index (κ3) is 6.70. The van der Waals surface area contributed by atoms with Crippen molar-refractivity contribution in [3.63, 3.8) is 0 Å². The van der Waals surface area contributed by atoms with Gasteiger partial charge in [-0.1, -0.05) is 82.9 Å². The Hall–Kier alpha value is -3.51. The number of hydrogen-bond acceptors (Lipinski definition) is 7. The summed E-state index contributed by atoms with van der Waals surface area (Å²) < 4.78 is 13.3. The summed E-state index contributed by atoms with van der Waals surface area (Å²) in [6.45, 7) is 0.601. The van der Waals surface area contributed by atoms with Crippen LogP contribution in [0.3, 0.4) is 0 Å². The number of ether oxygens (including phenoxy) is 2. The molecule has 2 fully saturated rings. The Balaban J connectivity index is 1.42. The van der Waals surface area contributed by atoms with Crippen LogP contribution in [-0.4, -0.2) is 77.7 Å². The minimum atomic E-state index is -1.41. The van der Waals surface area contributed by atoms with Gasteiger partial charge in [0, 0.05) is 41.3 Å². The number of aliphatic hydroxyl groups excluding tert-OH is 1. The van der Waals surface area contributed by atoms with E-state index in [1.807, 2.05) is 42.5 Å². The van der Waals surface area contributed by atoms with Crippen molar-refractivity contribution in [3.05, 3.63) is 87.9 Å². The second-order valence-electron chi connectivity index (χ2n) is 12.6. The van der Waals surface area contributed by atoms with Gasteiger partial charge in [-0.3, -0.25) is 19.2 Å². The van der Waals surface area contributed by atoms with Crippen LogP contribution in [0.1, 0.15) is 50.2 Å². The molecular formula is C36H39BrClN3O7. The average molecular weight is 741 g/mol. The van der Waals surface area contributed by atoms with Crippen molar-refractivity contribution in [2.75, 3.05) is 31.1 Å². The normalized spacial score (nSPS) is 29.8. The van der Waals surface area contributed by atoms with Crippen LogP contribution >= 0.6 is 27.5 Å². The molecule has 6 rings (SSSR count). The maximum absolute atomic E-state index is 14.9. The number of anilines is 1. The Kier molecular flexibility index (Phi) is 10.7. The quantitative estimate of drug-likeness (QED) is 0.225. The molecule has 6 atom stereocenters. The molecule has 4 aliphatic rings. The lowest BCUT2D eigenvalue weighted by molar-refractivity contribution is -0.159. The van der Waals surface area contributed by atoms with E-state index in [0.717, 1.165) is 12.8 Å². The Morgan fingerprint density at radius 2 is 1.71 bits per heavy atom. The number of rotatable bonds is 8. The topological polar surface area (TPSA) is 125 Å². The van der Waals surface area contributed by atoms with Crippen LogP contribution in [0.15, 0.2) is 77.3 Å². The predicted octanol–water partition coefficient (Wildman–Crippen LogP) is 4.85. The number of carbonyl (C=O) groups is 4. The number of carbonyl (C=O) groups excluding carboxylic acids is 4. The standard InChI is InChI=1S/C36H39BrClN3O7/c37-26-21-36-30-29(31(26)48-36)35(46)47-27(23-11-5-3-6-12-23)22-39-28(43)13-7-4-9-18-40(25-16-14-24(38)15-17-25)34(45)32(36)41(33(30)44)19-8-1-2-10-20-42/h3-6,9,11-12,14-17,21,27,29-32,42H,1-2,7-8,10,13,18-20,22H2,(H,39,43)/b9-4-/t27-,29-,30+,31-,32-,36+/m1/s1. The SMILES string of the molecule is O=C1CC/C=C\CN(c2ccc(Cl)cc2)C(=O)[C@H]2N(CCCCCCO)C(=O)[C@@H]3[C@@H](C(=O)O[C@@H](c4ccccc4)CN1)[C@@H]1O[C@@]32C=C1Br. The first kappa shape index (κ1) is 34.4. The largest absolute Gasteiger partial charge is 0.455 e. The van der Waals surface area contributed by atoms with E-state index in [1.165, 1.54) is 0 Å². The number of amides is 3. The highest BCUT2D eigenvalue weighted by molar-refractivity contribution is 9.11. The molecule has 2 aromatic carbocycles. The Labute approximate surface area is 293 Å². The van der Waals surface area contributed by atoms with Gasteiger partial charge in [0.2, 0.25) is 11.8 Å². The molecule has 0 aromatic heterocycles. The molecule has 5 bridgehead atoms. The number of fused-ring (bicyclic) bond motifs is 2. The van der Waals surface area contributed by atoms with E-state index in [4.69, 9.17) is 21.1 Å². The zero-order chi connectivity index (χ0) is 33.8. The predicted molar refractivity (Wildman–Crippen MR) is 183 cm³/mol. The number of unbranched alkanes of at least 4 members (excludes halogenated alkanes) is 3. The number of allylic oxidation sites excluding steroid dienone is 1. The molecule has 0 aliphatic carbocycles. The third-order valence-corrected chi connectivity index (χ3v) is 10.5. The van der Waals surface area contributed by atoms with E-state index in [1.54, 1.807) is 40.1 Å². The molecule has 4 aliphatic heterocycles. The number of nitrogens with zero attached hydrogens (tertiary/aromatic N) is 2. The molecule has 0 radical (unpaired) electrons. The van der Waals surface area contributed by atoms with Crippen molar-refractivity contribution in [2.45, 2.75) is 62.4 Å². The van der Waals surface area contributed by atoms with E-state index >= 15 is 0 Å². The number of halogens is 2. The molecule has 2 saturated heterocycles. The highest BCUT2D eigenvalue weighted by atomic mass is 79.9. The van der Waals surface area contributed by atoms with E-state index in [-0.39, 0.29) is 50.4 Å². The van der Waals surface area contributed by atoms with Gasteiger partial charge in [0.05, 0.1) is 12.5 Å². The maximum atomic E-state index is 14.9. The lowest BCUT2D eigenvalue weighted by atomic mass is 9.74. The lowest BCUT2D eigenvalue weighted by Gasteiger charge is -2.36. The summed E-state index contributed by atoms with van der Waals surface area (Å²) in [5.41, 5.74) is -0.130. The van der Waals surface area contributed by atoms with Gasteiger partial charge in [0.1, 0.15) is 29.8 Å². The van der Waals surface area contributed by atoms with Crippen LogP contribution in [0.25, 0.3) is 0 Å². The summed E-state index contributed by atoms with van der Waals surface area (Å²) in [5, 5.41) is 12.7. The second-order valence-corrected chi connectivity index (χ2v) is 13.9. The molecule has 0 saturated carbocycles. The number of hydrogen-bond donors (Lipinski definition) is 2. The smallest absolute Gasteiger partial charge is 0.313 e. The first-order valence-corrected chi connectivity index (χ1v) is 17.6. The molecule has 2 aromatic rings. The van der Waals surface area contributed by atoms with Crippen LogP contribution in [-0.2, 0) is 28.7 Å². The molecule has 4 heterocycles. The lowest BCUT2D eigenvalue weighted by Crippen LogP contribution is -2.56. The van der Waals surface area contributed by atoms with Crippen LogP contribution in [0.4, 0.5) is 5.69 Å². The first-order chi connectivity index (χ1) is 23.2. The summed E-state index contributed by atoms with van der Waals surface area (Å²) in [4.78, 5) is 59.6. The molecule has 2 N–H and O–H groups in total. The zero-order valence-electron chi connectivity index (χ0n) is 26.4. The summed E-state index contributed by atoms with van der Waals surface area (Å²) in [6.07, 6.45) is 7.30. The average Bonchev–Trinajstić information content (AvgIpc) is 3.68. The van der Waals surface area contributed by atoms with E-state index in [9.17, 15) is 24.3 Å². The first-order valence-electron chi connectivity index (χ1n) is 16.5. The summed E-state index contributed by atoms with van der Waals surface area (Å²) >= 11 is 9.80. The van der Waals surface area contributed by atoms with Crippen LogP contribution in [0, 0.1) is 11.8 Å². The van der Waals surface area contributed by atoms with Crippen LogP contribution in [0.5, 0.6) is 0 Å². The van der Waals surface area contributed by atoms with Gasteiger partial charge in [0.25, 0.3) is 5.91 Å². The molecule has 48 heavy (non-hydrogen) atoms. The molecule has 10 nitrogen and oxygen atoms in total. The fourth-order valence-electron chi connectivity index (χ4n) is 7.27. The van der Waals surface area contributed by atoms with Crippen molar-refractivity contribution in [3.8, 4) is 0 Å². The number of benzene rings is 2. The van der Waals surface area contributed by atoms with Gasteiger partial charge in [-0.05, 0) is 55.2 Å². The number of aliphatic hydroxyl groups is 1. The maximum Gasteiger partial charge on any atom is 0.313 e. The van der Waals surface area contributed by atoms with Crippen LogP contribution in [0.2, 0.25) is 5.02 Å². The fraction of sp³-hybridized carbons (Fsp3) is 0.444. The van der Waals surface area contributed by atoms with Gasteiger partial charge in [-0.25, -0.2) is 0 Å². The van der Waals surface area contributed by atoms with Crippen molar-refractivity contribution in [2.24, 2.45) is 11.8 Å². The number of likely N-dealkylation sites (tertiary alicyclic amines) is 1. The molecule has 0 unspecified atom stereocenters. The van der Waals surface area contributed by atoms with Crippen molar-refractivity contribution in [1.29, 1.82) is 0 Å². The van der Waals surface area contributed by atoms with E-state index < -0.39 is 41.7 Å². The second kappa shape index (κ2) is 14.9.